The largest absolute Gasteiger partial charge is 0.353 e. The molecule has 1 aliphatic rings. The molecule has 0 bridgehead atoms. The van der Waals surface area contributed by atoms with Crippen LogP contribution < -0.4 is 10.2 Å². The topological polar surface area (TPSA) is 64.8 Å². The molecule has 1 aromatic heterocycles. The van der Waals surface area contributed by atoms with E-state index in [2.05, 4.69) is 21.6 Å². The fourth-order valence-corrected chi connectivity index (χ4v) is 4.62. The minimum Gasteiger partial charge on any atom is -0.353 e. The van der Waals surface area contributed by atoms with Crippen LogP contribution in [0, 0.1) is 11.3 Å². The van der Waals surface area contributed by atoms with Crippen LogP contribution in [0.4, 0.5) is 5.13 Å². The van der Waals surface area contributed by atoms with Crippen molar-refractivity contribution in [1.82, 2.24) is 15.5 Å². The molecule has 1 aliphatic carbocycles. The standard InChI is InChI=1S/C12H19N5S2/c1-4-14-12(8-13)6-5-9(7-12)18-11-16-15-10(19-11)17(2)3/h9,14H,4-7H2,1-3H3. The molecule has 0 aliphatic heterocycles. The third-order valence-corrected chi connectivity index (χ3v) is 5.69. The Hall–Kier alpha value is -0.840. The average molecular weight is 297 g/mol. The van der Waals surface area contributed by atoms with Crippen molar-refractivity contribution in [2.75, 3.05) is 25.5 Å². The number of nitrogens with zero attached hydrogens (tertiary/aromatic N) is 4. The fraction of sp³-hybridized carbons (Fsp3) is 0.750. The number of hydrogen-bond donors (Lipinski definition) is 1. The zero-order valence-corrected chi connectivity index (χ0v) is 13.1. The summed E-state index contributed by atoms with van der Waals surface area (Å²) in [5, 5.41) is 22.4. The molecule has 1 saturated carbocycles. The third kappa shape index (κ3) is 3.38. The smallest absolute Gasteiger partial charge is 0.208 e. The second-order valence-electron chi connectivity index (χ2n) is 4.95. The van der Waals surface area contributed by atoms with Crippen molar-refractivity contribution in [1.29, 1.82) is 5.26 Å². The predicted octanol–water partition coefficient (Wildman–Crippen LogP) is 2.12. The van der Waals surface area contributed by atoms with E-state index in [1.807, 2.05) is 25.9 Å². The van der Waals surface area contributed by atoms with E-state index in [-0.39, 0.29) is 5.54 Å². The van der Waals surface area contributed by atoms with E-state index < -0.39 is 0 Å². The van der Waals surface area contributed by atoms with Crippen molar-refractivity contribution in [3.05, 3.63) is 0 Å². The zero-order valence-electron chi connectivity index (χ0n) is 11.5. The summed E-state index contributed by atoms with van der Waals surface area (Å²) in [7, 11) is 3.94. The molecule has 0 spiro atoms. The lowest BCUT2D eigenvalue weighted by Gasteiger charge is -2.21. The molecule has 19 heavy (non-hydrogen) atoms. The van der Waals surface area contributed by atoms with E-state index in [0.717, 1.165) is 35.3 Å². The molecule has 7 heteroatoms. The quantitative estimate of drug-likeness (QED) is 0.898. The van der Waals surface area contributed by atoms with Crippen LogP contribution in [0.3, 0.4) is 0 Å². The Morgan fingerprint density at radius 1 is 1.58 bits per heavy atom. The highest BCUT2D eigenvalue weighted by molar-refractivity contribution is 8.01. The Kier molecular flexibility index (Phi) is 4.66. The Morgan fingerprint density at radius 2 is 2.37 bits per heavy atom. The van der Waals surface area contributed by atoms with Crippen molar-refractivity contribution in [3.63, 3.8) is 0 Å². The van der Waals surface area contributed by atoms with Gasteiger partial charge in [0.1, 0.15) is 5.54 Å². The highest BCUT2D eigenvalue weighted by Crippen LogP contribution is 2.41. The van der Waals surface area contributed by atoms with Gasteiger partial charge in [0, 0.05) is 19.3 Å². The lowest BCUT2D eigenvalue weighted by molar-refractivity contribution is 0.436. The molecule has 0 radical (unpaired) electrons. The van der Waals surface area contributed by atoms with Crippen LogP contribution in [0.15, 0.2) is 4.34 Å². The summed E-state index contributed by atoms with van der Waals surface area (Å²) in [6, 6.07) is 2.45. The van der Waals surface area contributed by atoms with Gasteiger partial charge in [-0.15, -0.1) is 10.2 Å². The first kappa shape index (κ1) is 14.6. The highest BCUT2D eigenvalue weighted by atomic mass is 32.2. The molecule has 0 saturated heterocycles. The van der Waals surface area contributed by atoms with Crippen LogP contribution in [-0.4, -0.2) is 41.6 Å². The van der Waals surface area contributed by atoms with Crippen molar-refractivity contribution >= 4 is 28.2 Å². The predicted molar refractivity (Wildman–Crippen MR) is 79.8 cm³/mol. The molecular formula is C12H19N5S2. The number of thioether (sulfide) groups is 1. The van der Waals surface area contributed by atoms with Gasteiger partial charge in [-0.3, -0.25) is 5.32 Å². The molecular weight excluding hydrogens is 278 g/mol. The van der Waals surface area contributed by atoms with Crippen LogP contribution >= 0.6 is 23.1 Å². The molecule has 1 aromatic rings. The molecule has 2 rings (SSSR count). The van der Waals surface area contributed by atoms with Gasteiger partial charge in [0.05, 0.1) is 6.07 Å². The van der Waals surface area contributed by atoms with Gasteiger partial charge in [-0.05, 0) is 25.8 Å². The molecule has 1 fully saturated rings. The first-order chi connectivity index (χ1) is 9.08. The van der Waals surface area contributed by atoms with Crippen molar-refractivity contribution in [2.45, 2.75) is 41.3 Å². The summed E-state index contributed by atoms with van der Waals surface area (Å²) in [6.07, 6.45) is 2.87. The zero-order chi connectivity index (χ0) is 13.9. The van der Waals surface area contributed by atoms with Gasteiger partial charge < -0.3 is 4.90 Å². The Labute approximate surface area is 122 Å². The number of nitrogens with one attached hydrogen (secondary N) is 1. The van der Waals surface area contributed by atoms with Crippen LogP contribution in [-0.2, 0) is 0 Å². The van der Waals surface area contributed by atoms with Gasteiger partial charge in [0.2, 0.25) is 5.13 Å². The van der Waals surface area contributed by atoms with Crippen LogP contribution in [0.1, 0.15) is 26.2 Å². The van der Waals surface area contributed by atoms with Crippen molar-refractivity contribution in [3.8, 4) is 6.07 Å². The first-order valence-corrected chi connectivity index (χ1v) is 8.12. The number of aromatic nitrogens is 2. The second-order valence-corrected chi connectivity index (χ2v) is 7.46. The van der Waals surface area contributed by atoms with Gasteiger partial charge in [0.15, 0.2) is 4.34 Å². The Balaban J connectivity index is 1.96. The van der Waals surface area contributed by atoms with Gasteiger partial charge in [0.25, 0.3) is 0 Å². The maximum absolute atomic E-state index is 9.35. The van der Waals surface area contributed by atoms with Crippen molar-refractivity contribution < 1.29 is 0 Å². The van der Waals surface area contributed by atoms with Gasteiger partial charge >= 0.3 is 0 Å². The van der Waals surface area contributed by atoms with E-state index in [1.165, 1.54) is 0 Å². The van der Waals surface area contributed by atoms with Gasteiger partial charge in [-0.25, -0.2) is 0 Å². The van der Waals surface area contributed by atoms with Gasteiger partial charge in [-0.1, -0.05) is 30.0 Å². The van der Waals surface area contributed by atoms with E-state index in [1.54, 1.807) is 23.1 Å². The number of anilines is 1. The summed E-state index contributed by atoms with van der Waals surface area (Å²) in [6.45, 7) is 2.89. The normalized spacial score (nSPS) is 26.3. The molecule has 5 nitrogen and oxygen atoms in total. The van der Waals surface area contributed by atoms with E-state index in [4.69, 9.17) is 0 Å². The monoisotopic (exact) mass is 297 g/mol. The van der Waals surface area contributed by atoms with E-state index in [0.29, 0.717) is 5.25 Å². The maximum Gasteiger partial charge on any atom is 0.208 e. The SMILES string of the molecule is CCNC1(C#N)CCC(Sc2nnc(N(C)C)s2)C1. The summed E-state index contributed by atoms with van der Waals surface area (Å²) < 4.78 is 0.999. The molecule has 2 atom stereocenters. The van der Waals surface area contributed by atoms with Crippen molar-refractivity contribution in [2.24, 2.45) is 0 Å². The first-order valence-electron chi connectivity index (χ1n) is 6.42. The fourth-order valence-electron chi connectivity index (χ4n) is 2.31. The lowest BCUT2D eigenvalue weighted by Crippen LogP contribution is -2.41. The second kappa shape index (κ2) is 6.07. The summed E-state index contributed by atoms with van der Waals surface area (Å²) >= 11 is 3.37. The van der Waals surface area contributed by atoms with Gasteiger partial charge in [-0.2, -0.15) is 5.26 Å². The van der Waals surface area contributed by atoms with Crippen LogP contribution in [0.25, 0.3) is 0 Å². The van der Waals surface area contributed by atoms with E-state index >= 15 is 0 Å². The summed E-state index contributed by atoms with van der Waals surface area (Å²) in [5.41, 5.74) is -0.332. The molecule has 104 valence electrons. The third-order valence-electron chi connectivity index (χ3n) is 3.24. The molecule has 1 N–H and O–H groups in total. The highest BCUT2D eigenvalue weighted by Gasteiger charge is 2.39. The number of nitriles is 1. The molecule has 0 amide bonds. The molecule has 0 aromatic carbocycles. The number of hydrogen-bond acceptors (Lipinski definition) is 7. The maximum atomic E-state index is 9.35. The average Bonchev–Trinajstić information content (AvgIpc) is 2.98. The minimum atomic E-state index is -0.332. The summed E-state index contributed by atoms with van der Waals surface area (Å²) in [5.74, 6) is 0. The van der Waals surface area contributed by atoms with Crippen LogP contribution in [0.2, 0.25) is 0 Å². The molecule has 2 unspecified atom stereocenters. The van der Waals surface area contributed by atoms with Crippen LogP contribution in [0.5, 0.6) is 0 Å². The number of rotatable bonds is 5. The van der Waals surface area contributed by atoms with E-state index in [9.17, 15) is 5.26 Å². The Bertz CT molecular complexity index is 467. The Morgan fingerprint density at radius 3 is 2.95 bits per heavy atom. The minimum absolute atomic E-state index is 0.332. The lowest BCUT2D eigenvalue weighted by atomic mass is 10.0. The molecule has 1 heterocycles. The summed E-state index contributed by atoms with van der Waals surface area (Å²) in [4.78, 5) is 1.97.